The van der Waals surface area contributed by atoms with Gasteiger partial charge in [0.1, 0.15) is 0 Å². The van der Waals surface area contributed by atoms with Gasteiger partial charge in [0.15, 0.2) is 0 Å². The summed E-state index contributed by atoms with van der Waals surface area (Å²) in [6.07, 6.45) is 6.89. The molecule has 0 aliphatic rings. The highest BCUT2D eigenvalue weighted by atomic mass is 16.3. The van der Waals surface area contributed by atoms with Crippen molar-refractivity contribution in [2.45, 2.75) is 32.4 Å². The molecule has 3 aromatic rings. The first-order valence-electron chi connectivity index (χ1n) is 9.23. The number of amides is 1. The Morgan fingerprint density at radius 2 is 1.82 bits per heavy atom. The monoisotopic (exact) mass is 375 g/mol. The minimum Gasteiger partial charge on any atom is -0.386 e. The molecule has 0 fully saturated rings. The van der Waals surface area contributed by atoms with Crippen molar-refractivity contribution < 1.29 is 9.90 Å². The third kappa shape index (κ3) is 4.26. The second-order valence-electron chi connectivity index (χ2n) is 7.48. The zero-order valence-electron chi connectivity index (χ0n) is 16.6. The van der Waals surface area contributed by atoms with Crippen LogP contribution in [0.1, 0.15) is 48.3 Å². The lowest BCUT2D eigenvalue weighted by molar-refractivity contribution is 0.0741. The van der Waals surface area contributed by atoms with Crippen molar-refractivity contribution in [3.05, 3.63) is 83.9 Å². The molecular weight excluding hydrogens is 350 g/mol. The van der Waals surface area contributed by atoms with Crippen molar-refractivity contribution in [1.29, 1.82) is 0 Å². The van der Waals surface area contributed by atoms with Gasteiger partial charge in [-0.25, -0.2) is 0 Å². The van der Waals surface area contributed by atoms with Gasteiger partial charge in [-0.3, -0.25) is 14.8 Å². The van der Waals surface area contributed by atoms with E-state index in [1.807, 2.05) is 49.4 Å². The van der Waals surface area contributed by atoms with Crippen LogP contribution in [0, 0.1) is 0 Å². The number of carbonyl (C=O) groups is 1. The first kappa shape index (κ1) is 19.7. The molecule has 0 spiro atoms. The number of nitrogens with zero attached hydrogens (tertiary/aromatic N) is 3. The fraction of sp³-hybridized carbons (Fsp3) is 0.261. The van der Waals surface area contributed by atoms with Gasteiger partial charge < -0.3 is 10.0 Å². The van der Waals surface area contributed by atoms with Crippen molar-refractivity contribution >= 4 is 5.91 Å². The van der Waals surface area contributed by atoms with Crippen LogP contribution >= 0.6 is 0 Å². The fourth-order valence-electron chi connectivity index (χ4n) is 2.99. The van der Waals surface area contributed by atoms with Crippen molar-refractivity contribution in [3.63, 3.8) is 0 Å². The van der Waals surface area contributed by atoms with E-state index in [4.69, 9.17) is 0 Å². The van der Waals surface area contributed by atoms with Crippen LogP contribution in [0.4, 0.5) is 0 Å². The Morgan fingerprint density at radius 3 is 2.50 bits per heavy atom. The molecule has 0 aliphatic heterocycles. The number of hydrogen-bond donors (Lipinski definition) is 1. The molecule has 0 bridgehead atoms. The van der Waals surface area contributed by atoms with Crippen molar-refractivity contribution in [3.8, 4) is 11.1 Å². The zero-order chi connectivity index (χ0) is 20.3. The molecule has 0 saturated heterocycles. The van der Waals surface area contributed by atoms with Crippen molar-refractivity contribution in [2.24, 2.45) is 0 Å². The lowest BCUT2D eigenvalue weighted by Gasteiger charge is -2.25. The number of rotatable bonds is 5. The second kappa shape index (κ2) is 7.90. The molecule has 5 nitrogen and oxygen atoms in total. The maximum Gasteiger partial charge on any atom is 0.254 e. The SMILES string of the molecule is C[C@@H](c1cccnc1)N(C)C(=O)c1cccc(-c2cncc(C(C)(C)O)c2)c1. The second-order valence-corrected chi connectivity index (χ2v) is 7.48. The highest BCUT2D eigenvalue weighted by Crippen LogP contribution is 2.27. The summed E-state index contributed by atoms with van der Waals surface area (Å²) in [6.45, 7) is 5.43. The largest absolute Gasteiger partial charge is 0.386 e. The van der Waals surface area contributed by atoms with Gasteiger partial charge in [0.2, 0.25) is 0 Å². The maximum atomic E-state index is 13.0. The molecule has 1 N–H and O–H groups in total. The Labute approximate surface area is 165 Å². The number of aromatic nitrogens is 2. The van der Waals surface area contributed by atoms with Crippen molar-refractivity contribution in [1.82, 2.24) is 14.9 Å². The van der Waals surface area contributed by atoms with Crippen LogP contribution in [-0.4, -0.2) is 32.9 Å². The lowest BCUT2D eigenvalue weighted by Crippen LogP contribution is -2.29. The molecule has 0 unspecified atom stereocenters. The molecule has 5 heteroatoms. The number of aliphatic hydroxyl groups is 1. The Balaban J connectivity index is 1.88. The van der Waals surface area contributed by atoms with E-state index in [1.54, 1.807) is 50.6 Å². The number of carbonyl (C=O) groups excluding carboxylic acids is 1. The maximum absolute atomic E-state index is 13.0. The first-order chi connectivity index (χ1) is 13.3. The fourth-order valence-corrected chi connectivity index (χ4v) is 2.99. The van der Waals surface area contributed by atoms with Gasteiger partial charge in [0.05, 0.1) is 11.6 Å². The molecule has 0 saturated carbocycles. The van der Waals surface area contributed by atoms with Crippen LogP contribution in [0.25, 0.3) is 11.1 Å². The van der Waals surface area contributed by atoms with Gasteiger partial charge in [-0.2, -0.15) is 0 Å². The van der Waals surface area contributed by atoms with E-state index < -0.39 is 5.60 Å². The van der Waals surface area contributed by atoms with E-state index >= 15 is 0 Å². The minimum atomic E-state index is -0.976. The average Bonchev–Trinajstić information content (AvgIpc) is 2.72. The Kier molecular flexibility index (Phi) is 5.56. The van der Waals surface area contributed by atoms with E-state index in [9.17, 15) is 9.90 Å². The van der Waals surface area contributed by atoms with E-state index in [0.29, 0.717) is 5.56 Å². The Bertz CT molecular complexity index is 965. The van der Waals surface area contributed by atoms with Gasteiger partial charge in [-0.05, 0) is 56.2 Å². The van der Waals surface area contributed by atoms with Gasteiger partial charge >= 0.3 is 0 Å². The van der Waals surface area contributed by atoms with Crippen LogP contribution in [0.5, 0.6) is 0 Å². The lowest BCUT2D eigenvalue weighted by atomic mass is 9.96. The normalized spacial score (nSPS) is 12.5. The molecule has 28 heavy (non-hydrogen) atoms. The van der Waals surface area contributed by atoms with Crippen LogP contribution in [0.3, 0.4) is 0 Å². The van der Waals surface area contributed by atoms with Gasteiger partial charge in [-0.15, -0.1) is 0 Å². The summed E-state index contributed by atoms with van der Waals surface area (Å²) in [4.78, 5) is 23.1. The number of pyridine rings is 2. The molecule has 0 radical (unpaired) electrons. The zero-order valence-corrected chi connectivity index (χ0v) is 16.6. The van der Waals surface area contributed by atoms with E-state index in [-0.39, 0.29) is 11.9 Å². The number of benzene rings is 1. The summed E-state index contributed by atoms with van der Waals surface area (Å²) in [7, 11) is 1.79. The molecule has 2 aromatic heterocycles. The summed E-state index contributed by atoms with van der Waals surface area (Å²) in [5.41, 5.74) is 3.07. The summed E-state index contributed by atoms with van der Waals surface area (Å²) < 4.78 is 0. The standard InChI is InChI=1S/C23H25N3O2/c1-16(19-9-6-10-24-13-19)26(4)22(27)18-8-5-7-17(11-18)20-12-21(15-25-14-20)23(2,3)28/h5-16,28H,1-4H3/t16-/m0/s1. The van der Waals surface area contributed by atoms with E-state index in [2.05, 4.69) is 9.97 Å². The Hall–Kier alpha value is -3.05. The smallest absolute Gasteiger partial charge is 0.254 e. The highest BCUT2D eigenvalue weighted by Gasteiger charge is 2.20. The molecule has 2 heterocycles. The summed E-state index contributed by atoms with van der Waals surface area (Å²) in [5, 5.41) is 10.2. The molecule has 3 rings (SSSR count). The topological polar surface area (TPSA) is 66.3 Å². The summed E-state index contributed by atoms with van der Waals surface area (Å²) in [6, 6.07) is 13.1. The summed E-state index contributed by atoms with van der Waals surface area (Å²) in [5.74, 6) is -0.0650. The molecule has 144 valence electrons. The Morgan fingerprint density at radius 1 is 1.04 bits per heavy atom. The molecule has 1 aromatic carbocycles. The van der Waals surface area contributed by atoms with Gasteiger partial charge in [-0.1, -0.05) is 18.2 Å². The van der Waals surface area contributed by atoms with Crippen LogP contribution in [0.15, 0.2) is 67.3 Å². The third-order valence-corrected chi connectivity index (χ3v) is 4.96. The van der Waals surface area contributed by atoms with E-state index in [1.165, 1.54) is 0 Å². The molecule has 1 amide bonds. The van der Waals surface area contributed by atoms with Crippen LogP contribution < -0.4 is 0 Å². The molecular formula is C23H25N3O2. The number of hydrogen-bond acceptors (Lipinski definition) is 4. The van der Waals surface area contributed by atoms with Crippen LogP contribution in [-0.2, 0) is 5.60 Å². The van der Waals surface area contributed by atoms with Gasteiger partial charge in [0, 0.05) is 48.5 Å². The predicted molar refractivity (Wildman–Crippen MR) is 110 cm³/mol. The van der Waals surface area contributed by atoms with Gasteiger partial charge in [0.25, 0.3) is 5.91 Å². The quantitative estimate of drug-likeness (QED) is 0.726. The average molecular weight is 375 g/mol. The third-order valence-electron chi connectivity index (χ3n) is 4.96. The molecule has 0 aliphatic carbocycles. The highest BCUT2D eigenvalue weighted by molar-refractivity contribution is 5.95. The van der Waals surface area contributed by atoms with Crippen LogP contribution in [0.2, 0.25) is 0 Å². The minimum absolute atomic E-state index is 0.0650. The predicted octanol–water partition coefficient (Wildman–Crippen LogP) is 4.20. The van der Waals surface area contributed by atoms with E-state index in [0.717, 1.165) is 22.3 Å². The molecule has 1 atom stereocenters. The first-order valence-corrected chi connectivity index (χ1v) is 9.23. The summed E-state index contributed by atoms with van der Waals surface area (Å²) >= 11 is 0. The van der Waals surface area contributed by atoms with Crippen molar-refractivity contribution in [2.75, 3.05) is 7.05 Å².